The van der Waals surface area contributed by atoms with Crippen LogP contribution in [0.5, 0.6) is 0 Å². The first-order chi connectivity index (χ1) is 15.0. The van der Waals surface area contributed by atoms with E-state index in [1.54, 1.807) is 17.5 Å². The molecule has 0 aliphatic heterocycles. The van der Waals surface area contributed by atoms with Crippen molar-refractivity contribution in [2.24, 2.45) is 5.92 Å². The Bertz CT molecular complexity index is 1100. The number of thiophene rings is 1. The molecule has 31 heavy (non-hydrogen) atoms. The van der Waals surface area contributed by atoms with Crippen LogP contribution in [0.25, 0.3) is 11.1 Å². The second kappa shape index (κ2) is 9.20. The number of benzene rings is 2. The summed E-state index contributed by atoms with van der Waals surface area (Å²) in [6, 6.07) is 13.4. The van der Waals surface area contributed by atoms with Crippen molar-refractivity contribution in [3.05, 3.63) is 75.9 Å². The molecule has 1 aliphatic carbocycles. The molecule has 0 unspecified atom stereocenters. The molecule has 0 saturated heterocycles. The Hall–Kier alpha value is -2.70. The second-order valence-corrected chi connectivity index (χ2v) is 8.80. The molecule has 4 nitrogen and oxygen atoms in total. The molecule has 7 heteroatoms. The minimum absolute atomic E-state index is 0.128. The third kappa shape index (κ3) is 4.81. The maximum atomic E-state index is 13.3. The molecule has 160 valence electrons. The number of nitrogens with one attached hydrogen (secondary N) is 1. The Morgan fingerprint density at radius 1 is 1.16 bits per heavy atom. The van der Waals surface area contributed by atoms with Crippen molar-refractivity contribution in [2.75, 3.05) is 11.9 Å². The summed E-state index contributed by atoms with van der Waals surface area (Å²) in [5.41, 5.74) is 2.69. The molecule has 1 heterocycles. The lowest BCUT2D eigenvalue weighted by Gasteiger charge is -2.09. The van der Waals surface area contributed by atoms with Gasteiger partial charge in [-0.1, -0.05) is 42.8 Å². The smallest absolute Gasteiger partial charge is 0.341 e. The van der Waals surface area contributed by atoms with Gasteiger partial charge in [0, 0.05) is 21.9 Å². The fourth-order valence-corrected chi connectivity index (χ4v) is 4.62. The normalized spacial score (nSPS) is 17.3. The SMILES string of the molecule is CCCOC(=O)c1c(-c2ccc(F)cc2)csc1NC(=O)[C@@H]1C[C@H]1c1ccc(Cl)cc1. The summed E-state index contributed by atoms with van der Waals surface area (Å²) >= 11 is 7.21. The van der Waals surface area contributed by atoms with Gasteiger partial charge >= 0.3 is 5.97 Å². The van der Waals surface area contributed by atoms with Crippen molar-refractivity contribution in [3.8, 4) is 11.1 Å². The highest BCUT2D eigenvalue weighted by atomic mass is 35.5. The van der Waals surface area contributed by atoms with Gasteiger partial charge in [0.25, 0.3) is 0 Å². The molecule has 1 saturated carbocycles. The summed E-state index contributed by atoms with van der Waals surface area (Å²) in [6.07, 6.45) is 1.44. The van der Waals surface area contributed by atoms with Gasteiger partial charge in [0.15, 0.2) is 0 Å². The summed E-state index contributed by atoms with van der Waals surface area (Å²) in [7, 11) is 0. The number of carbonyl (C=O) groups is 2. The second-order valence-electron chi connectivity index (χ2n) is 7.49. The molecular formula is C24H21ClFNO3S. The summed E-state index contributed by atoms with van der Waals surface area (Å²) in [5.74, 6) is -0.995. The molecule has 1 N–H and O–H groups in total. The van der Waals surface area contributed by atoms with Gasteiger partial charge in [0.2, 0.25) is 5.91 Å². The third-order valence-electron chi connectivity index (χ3n) is 5.25. The van der Waals surface area contributed by atoms with E-state index in [9.17, 15) is 14.0 Å². The Morgan fingerprint density at radius 2 is 1.87 bits per heavy atom. The number of hydrogen-bond donors (Lipinski definition) is 1. The summed E-state index contributed by atoms with van der Waals surface area (Å²) in [4.78, 5) is 25.7. The minimum atomic E-state index is -0.497. The average molecular weight is 458 g/mol. The number of halogens is 2. The van der Waals surface area contributed by atoms with Crippen LogP contribution in [-0.2, 0) is 9.53 Å². The third-order valence-corrected chi connectivity index (χ3v) is 6.40. The zero-order valence-electron chi connectivity index (χ0n) is 16.9. The fraction of sp³-hybridized carbons (Fsp3) is 0.250. The van der Waals surface area contributed by atoms with E-state index < -0.39 is 5.97 Å². The Balaban J connectivity index is 1.56. The van der Waals surface area contributed by atoms with Gasteiger partial charge in [0.05, 0.1) is 6.61 Å². The molecule has 2 atom stereocenters. The zero-order chi connectivity index (χ0) is 22.0. The number of amides is 1. The van der Waals surface area contributed by atoms with Crippen LogP contribution < -0.4 is 5.32 Å². The maximum absolute atomic E-state index is 13.3. The van der Waals surface area contributed by atoms with E-state index in [0.717, 1.165) is 12.0 Å². The monoisotopic (exact) mass is 457 g/mol. The first-order valence-electron chi connectivity index (χ1n) is 10.1. The summed E-state index contributed by atoms with van der Waals surface area (Å²) in [6.45, 7) is 2.20. The predicted molar refractivity (Wildman–Crippen MR) is 121 cm³/mol. The lowest BCUT2D eigenvalue weighted by atomic mass is 10.0. The molecule has 0 radical (unpaired) electrons. The standard InChI is InChI=1S/C24H21ClFNO3S/c1-2-11-30-24(29)21-20(15-5-9-17(26)10-6-15)13-31-23(21)27-22(28)19-12-18(19)14-3-7-16(25)8-4-14/h3-10,13,18-19H,2,11-12H2,1H3,(H,27,28)/t18-,19+/m0/s1. The highest BCUT2D eigenvalue weighted by Crippen LogP contribution is 2.48. The van der Waals surface area contributed by atoms with Gasteiger partial charge in [-0.15, -0.1) is 11.3 Å². The summed E-state index contributed by atoms with van der Waals surface area (Å²) < 4.78 is 18.7. The van der Waals surface area contributed by atoms with Gasteiger partial charge in [-0.3, -0.25) is 4.79 Å². The molecule has 1 aliphatic rings. The van der Waals surface area contributed by atoms with Gasteiger partial charge in [-0.05, 0) is 54.2 Å². The van der Waals surface area contributed by atoms with E-state index in [0.29, 0.717) is 33.1 Å². The molecule has 1 amide bonds. The predicted octanol–water partition coefficient (Wildman–Crippen LogP) is 6.52. The van der Waals surface area contributed by atoms with Gasteiger partial charge in [-0.2, -0.15) is 0 Å². The van der Waals surface area contributed by atoms with E-state index in [1.807, 2.05) is 31.2 Å². The fourth-order valence-electron chi connectivity index (χ4n) is 3.53. The van der Waals surface area contributed by atoms with Crippen LogP contribution in [-0.4, -0.2) is 18.5 Å². The van der Waals surface area contributed by atoms with Crippen LogP contribution in [0.4, 0.5) is 9.39 Å². The van der Waals surface area contributed by atoms with Gasteiger partial charge in [-0.25, -0.2) is 9.18 Å². The molecule has 0 bridgehead atoms. The Morgan fingerprint density at radius 3 is 2.55 bits per heavy atom. The van der Waals surface area contributed by atoms with Crippen molar-refractivity contribution in [1.29, 1.82) is 0 Å². The Kier molecular flexibility index (Phi) is 6.39. The highest BCUT2D eigenvalue weighted by molar-refractivity contribution is 7.15. The highest BCUT2D eigenvalue weighted by Gasteiger charge is 2.44. The van der Waals surface area contributed by atoms with Crippen LogP contribution in [0.2, 0.25) is 5.02 Å². The molecule has 1 aromatic heterocycles. The first-order valence-corrected chi connectivity index (χ1v) is 11.3. The number of rotatable bonds is 7. The van der Waals surface area contributed by atoms with Crippen LogP contribution >= 0.6 is 22.9 Å². The number of ether oxygens (including phenoxy) is 1. The molecule has 0 spiro atoms. The zero-order valence-corrected chi connectivity index (χ0v) is 18.4. The van der Waals surface area contributed by atoms with E-state index in [-0.39, 0.29) is 30.2 Å². The number of anilines is 1. The average Bonchev–Trinajstić information content (AvgIpc) is 3.47. The van der Waals surface area contributed by atoms with Crippen LogP contribution in [0.1, 0.15) is 41.6 Å². The lowest BCUT2D eigenvalue weighted by molar-refractivity contribution is -0.117. The van der Waals surface area contributed by atoms with E-state index >= 15 is 0 Å². The maximum Gasteiger partial charge on any atom is 0.341 e. The minimum Gasteiger partial charge on any atom is -0.462 e. The van der Waals surface area contributed by atoms with E-state index in [1.165, 1.54) is 23.5 Å². The molecule has 3 aromatic rings. The number of carbonyl (C=O) groups excluding carboxylic acids is 2. The Labute approximate surface area is 189 Å². The molecular weight excluding hydrogens is 437 g/mol. The number of esters is 1. The molecule has 1 fully saturated rings. The summed E-state index contributed by atoms with van der Waals surface area (Å²) in [5, 5.41) is 5.82. The van der Waals surface area contributed by atoms with E-state index in [4.69, 9.17) is 16.3 Å². The van der Waals surface area contributed by atoms with Crippen molar-refractivity contribution < 1.29 is 18.7 Å². The van der Waals surface area contributed by atoms with Gasteiger partial charge in [0.1, 0.15) is 16.4 Å². The largest absolute Gasteiger partial charge is 0.462 e. The van der Waals surface area contributed by atoms with Crippen LogP contribution in [0.3, 0.4) is 0 Å². The van der Waals surface area contributed by atoms with Crippen molar-refractivity contribution >= 4 is 39.8 Å². The quantitative estimate of drug-likeness (QED) is 0.411. The van der Waals surface area contributed by atoms with Gasteiger partial charge < -0.3 is 10.1 Å². The van der Waals surface area contributed by atoms with Crippen molar-refractivity contribution in [1.82, 2.24) is 0 Å². The number of hydrogen-bond acceptors (Lipinski definition) is 4. The molecule has 4 rings (SSSR count). The van der Waals surface area contributed by atoms with Crippen LogP contribution in [0.15, 0.2) is 53.9 Å². The topological polar surface area (TPSA) is 55.4 Å². The first kappa shape index (κ1) is 21.5. The molecule has 2 aromatic carbocycles. The van der Waals surface area contributed by atoms with Crippen molar-refractivity contribution in [2.45, 2.75) is 25.7 Å². The van der Waals surface area contributed by atoms with Crippen molar-refractivity contribution in [3.63, 3.8) is 0 Å². The lowest BCUT2D eigenvalue weighted by Crippen LogP contribution is -2.17. The van der Waals surface area contributed by atoms with E-state index in [2.05, 4.69) is 5.32 Å². The van der Waals surface area contributed by atoms with Crippen LogP contribution in [0, 0.1) is 11.7 Å².